The smallest absolute Gasteiger partial charge is 0.251 e. The van der Waals surface area contributed by atoms with Gasteiger partial charge in [0, 0.05) is 17.1 Å². The third-order valence-electron chi connectivity index (χ3n) is 4.00. The first kappa shape index (κ1) is 17.3. The van der Waals surface area contributed by atoms with Gasteiger partial charge in [-0.15, -0.1) is 12.4 Å². The molecule has 1 heterocycles. The van der Waals surface area contributed by atoms with E-state index in [1.807, 2.05) is 25.1 Å². The maximum absolute atomic E-state index is 12.2. The molecular formula is C15H22Cl2N2O. The van der Waals surface area contributed by atoms with Crippen LogP contribution in [0.3, 0.4) is 0 Å². The van der Waals surface area contributed by atoms with Gasteiger partial charge in [-0.2, -0.15) is 0 Å². The molecule has 1 aliphatic rings. The summed E-state index contributed by atoms with van der Waals surface area (Å²) in [5.41, 5.74) is 1.72. The molecule has 112 valence electrons. The highest BCUT2D eigenvalue weighted by Gasteiger charge is 2.27. The summed E-state index contributed by atoms with van der Waals surface area (Å²) in [5.74, 6) is -0.0280. The fourth-order valence-electron chi connectivity index (χ4n) is 2.45. The van der Waals surface area contributed by atoms with E-state index in [0.717, 1.165) is 38.0 Å². The van der Waals surface area contributed by atoms with Crippen molar-refractivity contribution in [2.45, 2.75) is 26.7 Å². The SMILES string of the molecule is Cc1c(Cl)cccc1C(=O)NCC1(C)CCNCC1.Cl. The lowest BCUT2D eigenvalue weighted by Crippen LogP contribution is -2.43. The molecule has 3 nitrogen and oxygen atoms in total. The second kappa shape index (κ2) is 7.30. The van der Waals surface area contributed by atoms with Crippen LogP contribution >= 0.6 is 24.0 Å². The van der Waals surface area contributed by atoms with Crippen LogP contribution in [0.4, 0.5) is 0 Å². The molecule has 2 rings (SSSR count). The lowest BCUT2D eigenvalue weighted by molar-refractivity contribution is 0.0921. The zero-order chi connectivity index (χ0) is 13.9. The number of carbonyl (C=O) groups excluding carboxylic acids is 1. The van der Waals surface area contributed by atoms with E-state index < -0.39 is 0 Å². The minimum absolute atomic E-state index is 0. The van der Waals surface area contributed by atoms with Crippen molar-refractivity contribution in [1.29, 1.82) is 0 Å². The Balaban J connectivity index is 0.00000200. The van der Waals surface area contributed by atoms with Crippen LogP contribution in [0.2, 0.25) is 5.02 Å². The maximum atomic E-state index is 12.2. The van der Waals surface area contributed by atoms with Gasteiger partial charge in [-0.1, -0.05) is 24.6 Å². The Kier molecular flexibility index (Phi) is 6.31. The van der Waals surface area contributed by atoms with Crippen molar-refractivity contribution in [1.82, 2.24) is 10.6 Å². The number of halogens is 2. The number of benzene rings is 1. The standard InChI is InChI=1S/C15H21ClN2O.ClH/c1-11-12(4-3-5-13(11)16)14(19)18-10-15(2)6-8-17-9-7-15;/h3-5,17H,6-10H2,1-2H3,(H,18,19);1H. The molecule has 1 aromatic rings. The van der Waals surface area contributed by atoms with E-state index in [-0.39, 0.29) is 23.7 Å². The van der Waals surface area contributed by atoms with Crippen LogP contribution in [-0.2, 0) is 0 Å². The fraction of sp³-hybridized carbons (Fsp3) is 0.533. The van der Waals surface area contributed by atoms with Crippen LogP contribution in [0.25, 0.3) is 0 Å². The summed E-state index contributed by atoms with van der Waals surface area (Å²) in [4.78, 5) is 12.2. The second-order valence-corrected chi connectivity index (χ2v) is 6.06. The molecular weight excluding hydrogens is 295 g/mol. The lowest BCUT2D eigenvalue weighted by Gasteiger charge is -2.34. The minimum Gasteiger partial charge on any atom is -0.351 e. The summed E-state index contributed by atoms with van der Waals surface area (Å²) in [6.45, 7) is 6.90. The molecule has 0 aliphatic carbocycles. The van der Waals surface area contributed by atoms with Crippen molar-refractivity contribution in [2.24, 2.45) is 5.41 Å². The van der Waals surface area contributed by atoms with Gasteiger partial charge in [0.1, 0.15) is 0 Å². The number of rotatable bonds is 3. The highest BCUT2D eigenvalue weighted by molar-refractivity contribution is 6.31. The molecule has 1 fully saturated rings. The Hall–Kier alpha value is -0.770. The van der Waals surface area contributed by atoms with Crippen LogP contribution in [0, 0.1) is 12.3 Å². The van der Waals surface area contributed by atoms with Crippen LogP contribution in [0.15, 0.2) is 18.2 Å². The number of hydrogen-bond acceptors (Lipinski definition) is 2. The largest absolute Gasteiger partial charge is 0.351 e. The summed E-state index contributed by atoms with van der Waals surface area (Å²) in [7, 11) is 0. The molecule has 0 bridgehead atoms. The summed E-state index contributed by atoms with van der Waals surface area (Å²) in [6, 6.07) is 5.44. The van der Waals surface area contributed by atoms with E-state index in [2.05, 4.69) is 17.6 Å². The number of piperidine rings is 1. The maximum Gasteiger partial charge on any atom is 0.251 e. The first-order valence-corrected chi connectivity index (χ1v) is 7.14. The summed E-state index contributed by atoms with van der Waals surface area (Å²) in [5, 5.41) is 7.04. The molecule has 5 heteroatoms. The molecule has 2 N–H and O–H groups in total. The molecule has 0 unspecified atom stereocenters. The number of hydrogen-bond donors (Lipinski definition) is 2. The van der Waals surface area contributed by atoms with Crippen molar-refractivity contribution in [3.63, 3.8) is 0 Å². The zero-order valence-electron chi connectivity index (χ0n) is 12.0. The van der Waals surface area contributed by atoms with Crippen molar-refractivity contribution >= 4 is 29.9 Å². The van der Waals surface area contributed by atoms with Crippen LogP contribution < -0.4 is 10.6 Å². The number of carbonyl (C=O) groups is 1. The lowest BCUT2D eigenvalue weighted by atomic mass is 9.81. The first-order valence-electron chi connectivity index (χ1n) is 6.76. The molecule has 0 spiro atoms. The predicted octanol–water partition coefficient (Wildman–Crippen LogP) is 3.19. The summed E-state index contributed by atoms with van der Waals surface area (Å²) < 4.78 is 0. The van der Waals surface area contributed by atoms with E-state index in [0.29, 0.717) is 10.6 Å². The molecule has 0 saturated carbocycles. The molecule has 1 aromatic carbocycles. The molecule has 0 atom stereocenters. The normalized spacial score (nSPS) is 17.1. The van der Waals surface area contributed by atoms with E-state index >= 15 is 0 Å². The molecule has 0 radical (unpaired) electrons. The monoisotopic (exact) mass is 316 g/mol. The fourth-order valence-corrected chi connectivity index (χ4v) is 2.62. The average molecular weight is 317 g/mol. The average Bonchev–Trinajstić information content (AvgIpc) is 2.40. The topological polar surface area (TPSA) is 41.1 Å². The zero-order valence-corrected chi connectivity index (χ0v) is 13.5. The van der Waals surface area contributed by atoms with Gasteiger partial charge in [-0.05, 0) is 56.0 Å². The van der Waals surface area contributed by atoms with E-state index in [1.54, 1.807) is 0 Å². The first-order chi connectivity index (χ1) is 9.02. The van der Waals surface area contributed by atoms with Crippen molar-refractivity contribution in [2.75, 3.05) is 19.6 Å². The Labute approximate surface area is 131 Å². The van der Waals surface area contributed by atoms with Gasteiger partial charge in [-0.3, -0.25) is 4.79 Å². The van der Waals surface area contributed by atoms with Crippen LogP contribution in [0.1, 0.15) is 35.7 Å². The third kappa shape index (κ3) is 4.11. The van der Waals surface area contributed by atoms with Gasteiger partial charge >= 0.3 is 0 Å². The third-order valence-corrected chi connectivity index (χ3v) is 4.41. The van der Waals surface area contributed by atoms with Crippen molar-refractivity contribution < 1.29 is 4.79 Å². The van der Waals surface area contributed by atoms with Gasteiger partial charge in [0.25, 0.3) is 5.91 Å². The van der Waals surface area contributed by atoms with E-state index in [4.69, 9.17) is 11.6 Å². The molecule has 20 heavy (non-hydrogen) atoms. The van der Waals surface area contributed by atoms with Crippen LogP contribution in [-0.4, -0.2) is 25.5 Å². The highest BCUT2D eigenvalue weighted by Crippen LogP contribution is 2.27. The van der Waals surface area contributed by atoms with Gasteiger partial charge < -0.3 is 10.6 Å². The Morgan fingerprint density at radius 1 is 1.40 bits per heavy atom. The van der Waals surface area contributed by atoms with Gasteiger partial charge in [-0.25, -0.2) is 0 Å². The van der Waals surface area contributed by atoms with E-state index in [9.17, 15) is 4.79 Å². The van der Waals surface area contributed by atoms with E-state index in [1.165, 1.54) is 0 Å². The van der Waals surface area contributed by atoms with Gasteiger partial charge in [0.05, 0.1) is 0 Å². The van der Waals surface area contributed by atoms with Gasteiger partial charge in [0.15, 0.2) is 0 Å². The number of nitrogens with one attached hydrogen (secondary N) is 2. The second-order valence-electron chi connectivity index (χ2n) is 5.66. The Morgan fingerprint density at radius 3 is 2.70 bits per heavy atom. The summed E-state index contributed by atoms with van der Waals surface area (Å²) in [6.07, 6.45) is 2.20. The number of amides is 1. The molecule has 1 aliphatic heterocycles. The molecule has 1 saturated heterocycles. The molecule has 1 amide bonds. The molecule has 0 aromatic heterocycles. The quantitative estimate of drug-likeness (QED) is 0.899. The van der Waals surface area contributed by atoms with Crippen molar-refractivity contribution in [3.05, 3.63) is 34.3 Å². The van der Waals surface area contributed by atoms with Gasteiger partial charge in [0.2, 0.25) is 0 Å². The highest BCUT2D eigenvalue weighted by atomic mass is 35.5. The Morgan fingerprint density at radius 2 is 2.05 bits per heavy atom. The predicted molar refractivity (Wildman–Crippen MR) is 86.0 cm³/mol. The van der Waals surface area contributed by atoms with Crippen molar-refractivity contribution in [3.8, 4) is 0 Å². The van der Waals surface area contributed by atoms with Crippen LogP contribution in [0.5, 0.6) is 0 Å². The Bertz CT molecular complexity index is 471. The minimum atomic E-state index is -0.0280. The summed E-state index contributed by atoms with van der Waals surface area (Å²) >= 11 is 6.05.